The molecule has 33 heavy (non-hydrogen) atoms. The summed E-state index contributed by atoms with van der Waals surface area (Å²) in [6.45, 7) is 2.33. The van der Waals surface area contributed by atoms with Crippen LogP contribution in [0.3, 0.4) is 0 Å². The fraction of sp³-hybridized carbons (Fsp3) is 0.280. The molecule has 2 fully saturated rings. The lowest BCUT2D eigenvalue weighted by atomic mass is 9.76. The third kappa shape index (κ3) is 3.25. The number of hydrogen-bond acceptors (Lipinski definition) is 7. The highest BCUT2D eigenvalue weighted by Gasteiger charge is 2.72. The third-order valence-corrected chi connectivity index (χ3v) is 6.22. The van der Waals surface area contributed by atoms with E-state index in [1.54, 1.807) is 24.3 Å². The summed E-state index contributed by atoms with van der Waals surface area (Å²) in [5, 5.41) is 0. The second-order valence-corrected chi connectivity index (χ2v) is 8.27. The van der Waals surface area contributed by atoms with Crippen LogP contribution in [0.15, 0.2) is 66.7 Å². The van der Waals surface area contributed by atoms with Crippen molar-refractivity contribution in [1.82, 2.24) is 0 Å². The first-order valence-electron chi connectivity index (χ1n) is 10.6. The van der Waals surface area contributed by atoms with E-state index in [4.69, 9.17) is 14.2 Å². The lowest BCUT2D eigenvalue weighted by Crippen LogP contribution is -2.52. The van der Waals surface area contributed by atoms with E-state index < -0.39 is 53.6 Å². The van der Waals surface area contributed by atoms with Gasteiger partial charge in [-0.3, -0.25) is 19.2 Å². The highest BCUT2D eigenvalue weighted by molar-refractivity contribution is 6.23. The quantitative estimate of drug-likeness (QED) is 0.301. The summed E-state index contributed by atoms with van der Waals surface area (Å²) in [4.78, 5) is 51.4. The van der Waals surface area contributed by atoms with E-state index in [2.05, 4.69) is 0 Å². The summed E-state index contributed by atoms with van der Waals surface area (Å²) in [7, 11) is 0. The Hall–Kier alpha value is -3.78. The van der Waals surface area contributed by atoms with Crippen molar-refractivity contribution >= 4 is 29.4 Å². The van der Waals surface area contributed by atoms with Crippen LogP contribution in [0.25, 0.3) is 11.1 Å². The molecule has 0 unspecified atom stereocenters. The number of esters is 2. The summed E-state index contributed by atoms with van der Waals surface area (Å²) in [5.41, 5.74) is 0.841. The summed E-state index contributed by atoms with van der Waals surface area (Å²) in [6.07, 6.45) is 1.03. The van der Waals surface area contributed by atoms with Gasteiger partial charge in [-0.25, -0.2) is 4.90 Å². The molecular weight excluding hydrogens is 426 g/mol. The lowest BCUT2D eigenvalue weighted by Gasteiger charge is -2.34. The number of carbonyl (C=O) groups excluding carboxylic acids is 4. The van der Waals surface area contributed by atoms with Gasteiger partial charge in [0.2, 0.25) is 11.8 Å². The first kappa shape index (κ1) is 21.1. The van der Waals surface area contributed by atoms with E-state index >= 15 is 0 Å². The van der Waals surface area contributed by atoms with Crippen molar-refractivity contribution < 1.29 is 33.4 Å². The molecule has 2 saturated heterocycles. The van der Waals surface area contributed by atoms with Crippen molar-refractivity contribution in [2.75, 3.05) is 4.90 Å². The van der Waals surface area contributed by atoms with Crippen molar-refractivity contribution in [1.29, 1.82) is 0 Å². The molecule has 3 aliphatic heterocycles. The molecule has 2 aromatic carbocycles. The van der Waals surface area contributed by atoms with Crippen LogP contribution < -0.4 is 4.90 Å². The summed E-state index contributed by atoms with van der Waals surface area (Å²) >= 11 is 0. The van der Waals surface area contributed by atoms with Crippen LogP contribution in [-0.4, -0.2) is 41.7 Å². The topological polar surface area (TPSA) is 99.2 Å². The Morgan fingerprint density at radius 3 is 2.12 bits per heavy atom. The summed E-state index contributed by atoms with van der Waals surface area (Å²) in [6, 6.07) is 16.9. The number of ether oxygens (including phenoxy) is 3. The normalized spacial score (nSPS) is 27.2. The molecule has 2 amide bonds. The van der Waals surface area contributed by atoms with Gasteiger partial charge in [0.15, 0.2) is 5.60 Å². The highest BCUT2D eigenvalue weighted by Crippen LogP contribution is 2.54. The van der Waals surface area contributed by atoms with Crippen LogP contribution in [0.1, 0.15) is 13.8 Å². The Labute approximate surface area is 189 Å². The first-order chi connectivity index (χ1) is 15.8. The lowest BCUT2D eigenvalue weighted by molar-refractivity contribution is -0.226. The van der Waals surface area contributed by atoms with Gasteiger partial charge in [0.25, 0.3) is 6.29 Å². The molecule has 3 aliphatic rings. The van der Waals surface area contributed by atoms with Gasteiger partial charge < -0.3 is 14.2 Å². The molecule has 3 heterocycles. The maximum atomic E-state index is 13.5. The van der Waals surface area contributed by atoms with E-state index in [1.165, 1.54) is 0 Å². The average molecular weight is 447 g/mol. The number of benzene rings is 2. The minimum absolute atomic E-state index is 0.405. The zero-order valence-electron chi connectivity index (χ0n) is 18.0. The number of fused-ring (bicyclic) bond motifs is 5. The van der Waals surface area contributed by atoms with Crippen LogP contribution in [0.2, 0.25) is 0 Å². The molecule has 0 radical (unpaired) electrons. The van der Waals surface area contributed by atoms with Crippen LogP contribution in [0.5, 0.6) is 0 Å². The second-order valence-electron chi connectivity index (χ2n) is 8.27. The zero-order valence-corrected chi connectivity index (χ0v) is 18.0. The third-order valence-electron chi connectivity index (χ3n) is 6.22. The Balaban J connectivity index is 1.48. The van der Waals surface area contributed by atoms with Crippen molar-refractivity contribution in [2.45, 2.75) is 31.8 Å². The number of anilines is 1. The van der Waals surface area contributed by atoms with Gasteiger partial charge in [0.1, 0.15) is 0 Å². The van der Waals surface area contributed by atoms with E-state index in [0.717, 1.165) is 29.9 Å². The fourth-order valence-electron chi connectivity index (χ4n) is 4.90. The molecular formula is C25H21NO7. The minimum Gasteiger partial charge on any atom is -0.422 e. The Bertz CT molecular complexity index is 1160. The van der Waals surface area contributed by atoms with E-state index in [0.29, 0.717) is 5.69 Å². The molecule has 8 nitrogen and oxygen atoms in total. The molecule has 0 saturated carbocycles. The van der Waals surface area contributed by atoms with Gasteiger partial charge in [-0.1, -0.05) is 48.5 Å². The molecule has 2 bridgehead atoms. The smallest absolute Gasteiger partial charge is 0.305 e. The standard InChI is InChI=1S/C25H21NO7/c1-14(27)31-24(32-15(2)28)25-13-12-19(33-25)20-21(25)23(30)26(22(20)29)18-10-8-17(9-11-18)16-6-4-3-5-7-16/h3-13,19-21,24H,1-2H3/t19-,20+,21-,25+/m1/s1. The first-order valence-corrected chi connectivity index (χ1v) is 10.6. The average Bonchev–Trinajstić information content (AvgIpc) is 3.44. The largest absolute Gasteiger partial charge is 0.422 e. The summed E-state index contributed by atoms with van der Waals surface area (Å²) < 4.78 is 16.4. The minimum atomic E-state index is -1.56. The number of amides is 2. The molecule has 0 aromatic heterocycles. The van der Waals surface area contributed by atoms with Gasteiger partial charge >= 0.3 is 11.9 Å². The number of nitrogens with zero attached hydrogens (tertiary/aromatic N) is 1. The van der Waals surface area contributed by atoms with Gasteiger partial charge in [-0.05, 0) is 29.3 Å². The number of imide groups is 1. The molecule has 2 aromatic rings. The van der Waals surface area contributed by atoms with Crippen LogP contribution >= 0.6 is 0 Å². The van der Waals surface area contributed by atoms with Gasteiger partial charge in [-0.15, -0.1) is 0 Å². The molecule has 5 rings (SSSR count). The van der Waals surface area contributed by atoms with Crippen molar-refractivity contribution in [3.05, 3.63) is 66.7 Å². The predicted octanol–water partition coefficient (Wildman–Crippen LogP) is 2.62. The second kappa shape index (κ2) is 7.67. The van der Waals surface area contributed by atoms with Gasteiger partial charge in [-0.2, -0.15) is 0 Å². The maximum Gasteiger partial charge on any atom is 0.305 e. The van der Waals surface area contributed by atoms with Crippen molar-refractivity contribution in [2.24, 2.45) is 11.8 Å². The molecule has 0 spiro atoms. The Morgan fingerprint density at radius 2 is 1.52 bits per heavy atom. The highest BCUT2D eigenvalue weighted by atomic mass is 16.7. The molecule has 8 heteroatoms. The van der Waals surface area contributed by atoms with Crippen molar-refractivity contribution in [3.8, 4) is 11.1 Å². The van der Waals surface area contributed by atoms with Crippen LogP contribution in [0.4, 0.5) is 5.69 Å². The molecule has 0 aliphatic carbocycles. The zero-order chi connectivity index (χ0) is 23.3. The Morgan fingerprint density at radius 1 is 0.909 bits per heavy atom. The van der Waals surface area contributed by atoms with E-state index in [1.807, 2.05) is 42.5 Å². The number of hydrogen-bond donors (Lipinski definition) is 0. The van der Waals surface area contributed by atoms with Gasteiger partial charge in [0, 0.05) is 13.8 Å². The van der Waals surface area contributed by atoms with Crippen molar-refractivity contribution in [3.63, 3.8) is 0 Å². The van der Waals surface area contributed by atoms with Gasteiger partial charge in [0.05, 0.1) is 23.6 Å². The molecule has 168 valence electrons. The monoisotopic (exact) mass is 447 g/mol. The number of rotatable bonds is 5. The molecule has 4 atom stereocenters. The predicted molar refractivity (Wildman–Crippen MR) is 115 cm³/mol. The Kier molecular flexibility index (Phi) is 4.90. The van der Waals surface area contributed by atoms with Crippen LogP contribution in [0, 0.1) is 11.8 Å². The molecule has 0 N–H and O–H groups in total. The maximum absolute atomic E-state index is 13.5. The summed E-state index contributed by atoms with van der Waals surface area (Å²) in [5.74, 6) is -4.09. The number of carbonyl (C=O) groups is 4. The van der Waals surface area contributed by atoms with E-state index in [9.17, 15) is 19.2 Å². The van der Waals surface area contributed by atoms with Crippen LogP contribution in [-0.2, 0) is 33.4 Å². The van der Waals surface area contributed by atoms with E-state index in [-0.39, 0.29) is 0 Å². The fourth-order valence-corrected chi connectivity index (χ4v) is 4.90. The SMILES string of the molecule is CC(=O)OC(OC(C)=O)[C@@]12C=C[C@@H](O1)[C@@H]1C(=O)N(c3ccc(-c4ccccc4)cc3)C(=O)[C@@H]12.